The largest absolute Gasteiger partial charge is 0.508 e. The number of nitrogens with zero attached hydrogens (tertiary/aromatic N) is 1. The van der Waals surface area contributed by atoms with Gasteiger partial charge in [0.25, 0.3) is 0 Å². The van der Waals surface area contributed by atoms with Gasteiger partial charge in [0, 0.05) is 46.0 Å². The summed E-state index contributed by atoms with van der Waals surface area (Å²) in [7, 11) is 1.62. The Balaban J connectivity index is 1.72. The molecule has 1 aliphatic heterocycles. The fourth-order valence-corrected chi connectivity index (χ4v) is 5.78. The molecular formula is C29H24Cl2N2O3. The van der Waals surface area contributed by atoms with Crippen molar-refractivity contribution >= 4 is 29.0 Å². The second kappa shape index (κ2) is 10.3. The van der Waals surface area contributed by atoms with Crippen molar-refractivity contribution in [2.45, 2.75) is 18.0 Å². The van der Waals surface area contributed by atoms with Gasteiger partial charge in [-0.05, 0) is 59.2 Å². The Bertz CT molecular complexity index is 1360. The van der Waals surface area contributed by atoms with Crippen molar-refractivity contribution in [3.63, 3.8) is 0 Å². The van der Waals surface area contributed by atoms with E-state index in [9.17, 15) is 9.90 Å². The number of phenolic OH excluding ortho intramolecular Hbond substituents is 1. The summed E-state index contributed by atoms with van der Waals surface area (Å²) >= 11 is 13.5. The first kappa shape index (κ1) is 24.3. The number of carbonyl (C=O) groups excluding carboxylic acids is 1. The molecule has 0 radical (unpaired) electrons. The van der Waals surface area contributed by atoms with E-state index in [0.29, 0.717) is 21.2 Å². The van der Waals surface area contributed by atoms with E-state index in [0.717, 1.165) is 16.9 Å². The zero-order valence-electron chi connectivity index (χ0n) is 19.4. The zero-order valence-corrected chi connectivity index (χ0v) is 20.9. The molecular weight excluding hydrogens is 495 g/mol. The molecule has 5 rings (SSSR count). The van der Waals surface area contributed by atoms with Gasteiger partial charge in [-0.25, -0.2) is 0 Å². The average Bonchev–Trinajstić information content (AvgIpc) is 3.29. The van der Waals surface area contributed by atoms with Crippen LogP contribution in [0.4, 0.5) is 0 Å². The SMILES string of the molecule is COc1ccc([C@H]2N[C@@H](c3cccnc3)[C@H](c3c(Cl)cccc3Cl)[C@H]2C(=O)c2cccc(O)c2)cc1. The summed E-state index contributed by atoms with van der Waals surface area (Å²) < 4.78 is 5.34. The third-order valence-electron chi connectivity index (χ3n) is 6.75. The second-order valence-corrected chi connectivity index (χ2v) is 9.60. The number of halogens is 2. The van der Waals surface area contributed by atoms with E-state index in [4.69, 9.17) is 27.9 Å². The van der Waals surface area contributed by atoms with Crippen LogP contribution in [0.5, 0.6) is 11.5 Å². The van der Waals surface area contributed by atoms with Gasteiger partial charge in [0.05, 0.1) is 13.0 Å². The van der Waals surface area contributed by atoms with Crippen molar-refractivity contribution in [3.8, 4) is 11.5 Å². The normalized spacial score (nSPS) is 21.3. The summed E-state index contributed by atoms with van der Waals surface area (Å²) in [6.07, 6.45) is 3.51. The fraction of sp³-hybridized carbons (Fsp3) is 0.172. The van der Waals surface area contributed by atoms with Crippen molar-refractivity contribution in [2.75, 3.05) is 7.11 Å². The maximum atomic E-state index is 14.2. The molecule has 0 unspecified atom stereocenters. The monoisotopic (exact) mass is 518 g/mol. The van der Waals surface area contributed by atoms with Gasteiger partial charge in [-0.1, -0.05) is 59.6 Å². The van der Waals surface area contributed by atoms with Crippen molar-refractivity contribution in [1.29, 1.82) is 0 Å². The Labute approximate surface area is 219 Å². The minimum absolute atomic E-state index is 0.0314. The Morgan fingerprint density at radius 1 is 0.917 bits per heavy atom. The summed E-state index contributed by atoms with van der Waals surface area (Å²) in [6, 6.07) is 22.7. The van der Waals surface area contributed by atoms with E-state index < -0.39 is 11.8 Å². The fourth-order valence-electron chi connectivity index (χ4n) is 5.14. The number of pyridine rings is 1. The molecule has 2 N–H and O–H groups in total. The van der Waals surface area contributed by atoms with Crippen LogP contribution in [0.3, 0.4) is 0 Å². The highest BCUT2D eigenvalue weighted by atomic mass is 35.5. The van der Waals surface area contributed by atoms with Crippen LogP contribution < -0.4 is 10.1 Å². The van der Waals surface area contributed by atoms with E-state index in [2.05, 4.69) is 10.3 Å². The third kappa shape index (κ3) is 4.58. The first-order valence-corrected chi connectivity index (χ1v) is 12.3. The van der Waals surface area contributed by atoms with Crippen molar-refractivity contribution < 1.29 is 14.6 Å². The Kier molecular flexibility index (Phi) is 6.97. The number of Topliss-reactive ketones (excluding diaryl/α,β-unsaturated/α-hetero) is 1. The molecule has 3 aromatic carbocycles. The Morgan fingerprint density at radius 3 is 2.28 bits per heavy atom. The Morgan fingerprint density at radius 2 is 1.64 bits per heavy atom. The maximum Gasteiger partial charge on any atom is 0.168 e. The molecule has 1 aliphatic rings. The van der Waals surface area contributed by atoms with Crippen molar-refractivity contribution in [2.24, 2.45) is 5.92 Å². The molecule has 4 atom stereocenters. The maximum absolute atomic E-state index is 14.2. The molecule has 0 saturated carbocycles. The van der Waals surface area contributed by atoms with Crippen LogP contribution in [-0.4, -0.2) is 23.0 Å². The minimum atomic E-state index is -0.581. The predicted octanol–water partition coefficient (Wildman–Crippen LogP) is 6.77. The van der Waals surface area contributed by atoms with E-state index in [1.807, 2.05) is 36.4 Å². The number of aromatic hydroxyl groups is 1. The predicted molar refractivity (Wildman–Crippen MR) is 141 cm³/mol. The van der Waals surface area contributed by atoms with Gasteiger partial charge in [0.1, 0.15) is 11.5 Å². The first-order valence-electron chi connectivity index (χ1n) is 11.5. The summed E-state index contributed by atoms with van der Waals surface area (Å²) in [5.41, 5.74) is 2.97. The van der Waals surface area contributed by atoms with Crippen LogP contribution in [0.1, 0.15) is 45.0 Å². The third-order valence-corrected chi connectivity index (χ3v) is 7.41. The number of rotatable bonds is 6. The van der Waals surface area contributed by atoms with Gasteiger partial charge in [-0.15, -0.1) is 0 Å². The molecule has 2 heterocycles. The average molecular weight is 519 g/mol. The molecule has 5 nitrogen and oxygen atoms in total. The molecule has 7 heteroatoms. The second-order valence-electron chi connectivity index (χ2n) is 8.78. The van der Waals surface area contributed by atoms with E-state index in [-0.39, 0.29) is 23.6 Å². The lowest BCUT2D eigenvalue weighted by atomic mass is 9.75. The number of benzene rings is 3. The van der Waals surface area contributed by atoms with Crippen molar-refractivity contribution in [3.05, 3.63) is 124 Å². The lowest BCUT2D eigenvalue weighted by Gasteiger charge is -2.27. The standard InChI is InChI=1S/C29H24Cl2N2O3/c1-36-21-12-10-17(11-13-21)27-26(29(35)18-5-2-7-20(34)15-18)25(24-22(30)8-3-9-23(24)31)28(33-27)19-6-4-14-32-16-19/h2-16,25-28,33-34H,1H3/t25-,26-,27-,28+/m1/s1. The highest BCUT2D eigenvalue weighted by molar-refractivity contribution is 6.36. The number of hydrogen-bond donors (Lipinski definition) is 2. The summed E-state index contributed by atoms with van der Waals surface area (Å²) in [4.78, 5) is 18.5. The van der Waals surface area contributed by atoms with Crippen LogP contribution in [0.2, 0.25) is 10.0 Å². The molecule has 1 fully saturated rings. The number of hydrogen-bond acceptors (Lipinski definition) is 5. The van der Waals surface area contributed by atoms with Crippen LogP contribution in [-0.2, 0) is 0 Å². The minimum Gasteiger partial charge on any atom is -0.508 e. The molecule has 0 spiro atoms. The summed E-state index contributed by atoms with van der Waals surface area (Å²) in [5.74, 6) is -0.349. The summed E-state index contributed by atoms with van der Waals surface area (Å²) in [5, 5.41) is 14.8. The number of aromatic nitrogens is 1. The Hall–Kier alpha value is -3.38. The summed E-state index contributed by atoms with van der Waals surface area (Å²) in [6.45, 7) is 0. The van der Waals surface area contributed by atoms with Gasteiger partial charge < -0.3 is 15.2 Å². The highest BCUT2D eigenvalue weighted by Gasteiger charge is 2.50. The van der Waals surface area contributed by atoms with E-state index in [1.54, 1.807) is 55.9 Å². The van der Waals surface area contributed by atoms with E-state index in [1.165, 1.54) is 6.07 Å². The number of ether oxygens (including phenoxy) is 1. The van der Waals surface area contributed by atoms with E-state index >= 15 is 0 Å². The number of phenols is 1. The molecule has 0 aliphatic carbocycles. The van der Waals surface area contributed by atoms with Gasteiger partial charge >= 0.3 is 0 Å². The number of carbonyl (C=O) groups is 1. The molecule has 4 aromatic rings. The number of ketones is 1. The molecule has 1 aromatic heterocycles. The quantitative estimate of drug-likeness (QED) is 0.275. The zero-order chi connectivity index (χ0) is 25.2. The number of nitrogens with one attached hydrogen (secondary N) is 1. The van der Waals surface area contributed by atoms with Crippen molar-refractivity contribution in [1.82, 2.24) is 10.3 Å². The van der Waals surface area contributed by atoms with Gasteiger partial charge in [0.15, 0.2) is 5.78 Å². The smallest absolute Gasteiger partial charge is 0.168 e. The first-order chi connectivity index (χ1) is 17.5. The lowest BCUT2D eigenvalue weighted by molar-refractivity contribution is 0.0896. The van der Waals surface area contributed by atoms with Crippen LogP contribution in [0.15, 0.2) is 91.3 Å². The molecule has 1 saturated heterocycles. The number of methoxy groups -OCH3 is 1. The van der Waals surface area contributed by atoms with Crippen LogP contribution in [0, 0.1) is 5.92 Å². The van der Waals surface area contributed by atoms with Crippen LogP contribution in [0.25, 0.3) is 0 Å². The molecule has 0 bridgehead atoms. The topological polar surface area (TPSA) is 71.5 Å². The van der Waals surface area contributed by atoms with Crippen LogP contribution >= 0.6 is 23.2 Å². The van der Waals surface area contributed by atoms with Gasteiger partial charge in [-0.2, -0.15) is 0 Å². The lowest BCUT2D eigenvalue weighted by Crippen LogP contribution is -2.26. The highest BCUT2D eigenvalue weighted by Crippen LogP contribution is 2.53. The molecule has 36 heavy (non-hydrogen) atoms. The molecule has 182 valence electrons. The van der Waals surface area contributed by atoms with Gasteiger partial charge in [-0.3, -0.25) is 9.78 Å². The van der Waals surface area contributed by atoms with Gasteiger partial charge in [0.2, 0.25) is 0 Å². The molecule has 0 amide bonds.